The number of carbonyl (C=O) groups is 1. The van der Waals surface area contributed by atoms with E-state index >= 15 is 0 Å². The number of ketones is 1. The Morgan fingerprint density at radius 1 is 1.43 bits per heavy atom. The zero-order chi connectivity index (χ0) is 10.7. The highest BCUT2D eigenvalue weighted by Gasteiger charge is 2.07. The lowest BCUT2D eigenvalue weighted by Crippen LogP contribution is -1.99. The lowest BCUT2D eigenvalue weighted by Gasteiger charge is -2.10. The van der Waals surface area contributed by atoms with E-state index in [-0.39, 0.29) is 5.78 Å². The maximum absolute atomic E-state index is 11.1. The fourth-order valence-corrected chi connectivity index (χ4v) is 1.44. The minimum atomic E-state index is 0.0448. The van der Waals surface area contributed by atoms with Gasteiger partial charge < -0.3 is 5.41 Å². The summed E-state index contributed by atoms with van der Waals surface area (Å²) in [5.41, 5.74) is 2.63. The molecule has 0 radical (unpaired) electrons. The molecule has 0 atom stereocenters. The van der Waals surface area contributed by atoms with Crippen LogP contribution in [-0.4, -0.2) is 12.0 Å². The van der Waals surface area contributed by atoms with Crippen LogP contribution in [0.1, 0.15) is 48.2 Å². The van der Waals surface area contributed by atoms with Crippen molar-refractivity contribution in [3.63, 3.8) is 0 Å². The average Bonchev–Trinajstić information content (AvgIpc) is 2.16. The lowest BCUT2D eigenvalue weighted by molar-refractivity contribution is 0.101. The Labute approximate surface area is 84.5 Å². The van der Waals surface area contributed by atoms with Gasteiger partial charge >= 0.3 is 0 Å². The first-order valence-corrected chi connectivity index (χ1v) is 4.71. The smallest absolute Gasteiger partial charge is 0.159 e. The summed E-state index contributed by atoms with van der Waals surface area (Å²) in [6.07, 6.45) is 1.31. The predicted molar refractivity (Wildman–Crippen MR) is 58.4 cm³/mol. The Hall–Kier alpha value is -1.44. The molecule has 0 spiro atoms. The van der Waals surface area contributed by atoms with E-state index in [0.717, 1.165) is 11.1 Å². The summed E-state index contributed by atoms with van der Waals surface area (Å²) in [5.74, 6) is 0.427. The highest BCUT2D eigenvalue weighted by atomic mass is 16.1. The van der Waals surface area contributed by atoms with Crippen LogP contribution in [0.4, 0.5) is 0 Å². The monoisotopic (exact) mass is 189 g/mol. The average molecular weight is 189 g/mol. The van der Waals surface area contributed by atoms with Crippen LogP contribution in [0.15, 0.2) is 18.2 Å². The van der Waals surface area contributed by atoms with Crippen LogP contribution in [0.25, 0.3) is 0 Å². The van der Waals surface area contributed by atoms with Gasteiger partial charge in [-0.05, 0) is 30.0 Å². The molecule has 0 bridgehead atoms. The van der Waals surface area contributed by atoms with Crippen LogP contribution in [0, 0.1) is 5.41 Å². The van der Waals surface area contributed by atoms with Crippen molar-refractivity contribution in [2.24, 2.45) is 0 Å². The molecule has 0 aliphatic rings. The van der Waals surface area contributed by atoms with E-state index in [9.17, 15) is 4.79 Å². The summed E-state index contributed by atoms with van der Waals surface area (Å²) in [6.45, 7) is 5.70. The SMILES string of the molecule is CC(=O)c1ccc(C(C)C)c(C=N)c1. The quantitative estimate of drug-likeness (QED) is 0.576. The van der Waals surface area contributed by atoms with Crippen LogP contribution in [0.2, 0.25) is 0 Å². The Kier molecular flexibility index (Phi) is 3.18. The number of nitrogens with one attached hydrogen (secondary N) is 1. The molecular formula is C12H15NO. The standard InChI is InChI=1S/C12H15NO/c1-8(2)12-5-4-10(9(3)14)6-11(12)7-13/h4-8,13H,1-3H3. The number of hydrogen-bond acceptors (Lipinski definition) is 2. The zero-order valence-corrected chi connectivity index (χ0v) is 8.79. The fourth-order valence-electron chi connectivity index (χ4n) is 1.44. The van der Waals surface area contributed by atoms with Gasteiger partial charge in [-0.1, -0.05) is 26.0 Å². The molecule has 0 saturated carbocycles. The molecule has 1 aromatic carbocycles. The summed E-state index contributed by atoms with van der Waals surface area (Å²) in [4.78, 5) is 11.1. The van der Waals surface area contributed by atoms with Crippen LogP contribution in [0.5, 0.6) is 0 Å². The number of Topliss-reactive ketones (excluding diaryl/α,β-unsaturated/α-hetero) is 1. The minimum absolute atomic E-state index is 0.0448. The topological polar surface area (TPSA) is 40.9 Å². The molecule has 0 amide bonds. The number of hydrogen-bond donors (Lipinski definition) is 1. The third kappa shape index (κ3) is 2.08. The molecular weight excluding hydrogens is 174 g/mol. The predicted octanol–water partition coefficient (Wildman–Crippen LogP) is 3.01. The first-order chi connectivity index (χ1) is 6.56. The molecule has 0 fully saturated rings. The summed E-state index contributed by atoms with van der Waals surface area (Å²) >= 11 is 0. The van der Waals surface area contributed by atoms with Crippen molar-refractivity contribution in [2.75, 3.05) is 0 Å². The Bertz CT molecular complexity index is 367. The van der Waals surface area contributed by atoms with Crippen LogP contribution in [-0.2, 0) is 0 Å². The van der Waals surface area contributed by atoms with Gasteiger partial charge in [-0.15, -0.1) is 0 Å². The van der Waals surface area contributed by atoms with E-state index in [4.69, 9.17) is 5.41 Å². The second kappa shape index (κ2) is 4.18. The Morgan fingerprint density at radius 2 is 2.07 bits per heavy atom. The van der Waals surface area contributed by atoms with Gasteiger partial charge in [0, 0.05) is 11.8 Å². The Morgan fingerprint density at radius 3 is 2.50 bits per heavy atom. The first-order valence-electron chi connectivity index (χ1n) is 4.71. The van der Waals surface area contributed by atoms with Gasteiger partial charge in [-0.2, -0.15) is 0 Å². The zero-order valence-electron chi connectivity index (χ0n) is 8.79. The molecule has 0 aliphatic carbocycles. The molecule has 0 saturated heterocycles. The van der Waals surface area contributed by atoms with Gasteiger partial charge in [-0.3, -0.25) is 4.79 Å². The van der Waals surface area contributed by atoms with Crippen molar-refractivity contribution < 1.29 is 4.79 Å². The second-order valence-corrected chi connectivity index (χ2v) is 3.70. The van der Waals surface area contributed by atoms with Gasteiger partial charge in [0.2, 0.25) is 0 Å². The van der Waals surface area contributed by atoms with E-state index in [0.29, 0.717) is 11.5 Å². The molecule has 1 aromatic rings. The van der Waals surface area contributed by atoms with Gasteiger partial charge in [0.25, 0.3) is 0 Å². The van der Waals surface area contributed by atoms with Gasteiger partial charge in [0.15, 0.2) is 5.78 Å². The first kappa shape index (κ1) is 10.6. The maximum atomic E-state index is 11.1. The molecule has 0 aliphatic heterocycles. The van der Waals surface area contributed by atoms with Crippen LogP contribution < -0.4 is 0 Å². The van der Waals surface area contributed by atoms with E-state index < -0.39 is 0 Å². The van der Waals surface area contributed by atoms with Crippen LogP contribution in [0.3, 0.4) is 0 Å². The minimum Gasteiger partial charge on any atom is -0.308 e. The number of rotatable bonds is 3. The second-order valence-electron chi connectivity index (χ2n) is 3.70. The van der Waals surface area contributed by atoms with Crippen molar-refractivity contribution in [2.45, 2.75) is 26.7 Å². The van der Waals surface area contributed by atoms with Crippen molar-refractivity contribution >= 4 is 12.0 Å². The van der Waals surface area contributed by atoms with Crippen LogP contribution >= 0.6 is 0 Å². The largest absolute Gasteiger partial charge is 0.308 e. The molecule has 0 aromatic heterocycles. The van der Waals surface area contributed by atoms with E-state index in [1.165, 1.54) is 13.1 Å². The summed E-state index contributed by atoms with van der Waals surface area (Å²) in [6, 6.07) is 5.54. The fraction of sp³-hybridized carbons (Fsp3) is 0.333. The van der Waals surface area contributed by atoms with Gasteiger partial charge in [0.05, 0.1) is 0 Å². The Balaban J connectivity index is 3.25. The molecule has 14 heavy (non-hydrogen) atoms. The molecule has 0 heterocycles. The number of carbonyl (C=O) groups excluding carboxylic acids is 1. The van der Waals surface area contributed by atoms with Gasteiger partial charge in [-0.25, -0.2) is 0 Å². The van der Waals surface area contributed by atoms with Crippen molar-refractivity contribution in [1.82, 2.24) is 0 Å². The number of benzene rings is 1. The maximum Gasteiger partial charge on any atom is 0.159 e. The highest BCUT2D eigenvalue weighted by Crippen LogP contribution is 2.19. The normalized spacial score (nSPS) is 10.3. The molecule has 74 valence electrons. The van der Waals surface area contributed by atoms with Crippen molar-refractivity contribution in [3.8, 4) is 0 Å². The van der Waals surface area contributed by atoms with Gasteiger partial charge in [0.1, 0.15) is 0 Å². The highest BCUT2D eigenvalue weighted by molar-refractivity contribution is 5.96. The van der Waals surface area contributed by atoms with E-state index in [1.807, 2.05) is 12.1 Å². The summed E-state index contributed by atoms with van der Waals surface area (Å²) < 4.78 is 0. The molecule has 0 unspecified atom stereocenters. The third-order valence-electron chi connectivity index (χ3n) is 2.27. The molecule has 1 N–H and O–H groups in total. The van der Waals surface area contributed by atoms with E-state index in [2.05, 4.69) is 13.8 Å². The van der Waals surface area contributed by atoms with Crippen molar-refractivity contribution in [1.29, 1.82) is 5.41 Å². The lowest BCUT2D eigenvalue weighted by atomic mass is 9.95. The molecule has 2 nitrogen and oxygen atoms in total. The molecule has 2 heteroatoms. The third-order valence-corrected chi connectivity index (χ3v) is 2.27. The molecule has 1 rings (SSSR count). The summed E-state index contributed by atoms with van der Waals surface area (Å²) in [7, 11) is 0. The summed E-state index contributed by atoms with van der Waals surface area (Å²) in [5, 5.41) is 7.28. The van der Waals surface area contributed by atoms with Crippen molar-refractivity contribution in [3.05, 3.63) is 34.9 Å². The van der Waals surface area contributed by atoms with E-state index in [1.54, 1.807) is 6.07 Å².